The van der Waals surface area contributed by atoms with Gasteiger partial charge in [0.05, 0.1) is 4.90 Å². The van der Waals surface area contributed by atoms with E-state index < -0.39 is 10.0 Å². The van der Waals surface area contributed by atoms with Gasteiger partial charge >= 0.3 is 0 Å². The summed E-state index contributed by atoms with van der Waals surface area (Å²) in [5, 5.41) is 0. The molecule has 1 aliphatic carbocycles. The van der Waals surface area contributed by atoms with E-state index in [0.717, 1.165) is 24.0 Å². The average Bonchev–Trinajstić information content (AvgIpc) is 3.27. The summed E-state index contributed by atoms with van der Waals surface area (Å²) in [5.74, 6) is 0. The molecule has 0 heterocycles. The van der Waals surface area contributed by atoms with Crippen molar-refractivity contribution in [2.45, 2.75) is 38.5 Å². The maximum Gasteiger partial charge on any atom is 0.243 e. The number of sulfonamides is 1. The van der Waals surface area contributed by atoms with E-state index in [9.17, 15) is 8.42 Å². The Labute approximate surface area is 140 Å². The highest BCUT2D eigenvalue weighted by Gasteiger charge is 2.43. The first kappa shape index (κ1) is 17.7. The summed E-state index contributed by atoms with van der Waals surface area (Å²) in [6.07, 6.45) is 5.70. The zero-order chi connectivity index (χ0) is 17.1. The Hall–Kier alpha value is -1.61. The van der Waals surface area contributed by atoms with Gasteiger partial charge in [-0.1, -0.05) is 23.8 Å². The molecule has 0 radical (unpaired) electrons. The number of benzene rings is 1. The van der Waals surface area contributed by atoms with Crippen LogP contribution >= 0.6 is 0 Å². The molecule has 0 unspecified atom stereocenters. The van der Waals surface area contributed by atoms with Crippen molar-refractivity contribution in [1.29, 1.82) is 0 Å². The molecule has 2 rings (SSSR count). The van der Waals surface area contributed by atoms with Crippen LogP contribution in [-0.2, 0) is 10.0 Å². The maximum atomic E-state index is 13.0. The monoisotopic (exact) mass is 331 g/mol. The molecule has 0 amide bonds. The first-order valence-electron chi connectivity index (χ1n) is 7.88. The summed E-state index contributed by atoms with van der Waals surface area (Å²) in [6, 6.07) is 7.01. The first-order chi connectivity index (χ1) is 10.8. The van der Waals surface area contributed by atoms with Gasteiger partial charge in [-0.15, -0.1) is 12.3 Å². The van der Waals surface area contributed by atoms with Crippen LogP contribution in [0.1, 0.15) is 32.3 Å². The summed E-state index contributed by atoms with van der Waals surface area (Å²) in [6.45, 7) is 10.5. The highest BCUT2D eigenvalue weighted by atomic mass is 32.2. The van der Waals surface area contributed by atoms with Crippen molar-refractivity contribution in [2.24, 2.45) is 5.41 Å². The van der Waals surface area contributed by atoms with E-state index in [0.29, 0.717) is 18.0 Å². The molecule has 1 saturated carbocycles. The molecule has 23 heavy (non-hydrogen) atoms. The maximum absolute atomic E-state index is 13.0. The van der Waals surface area contributed by atoms with Gasteiger partial charge in [0.1, 0.15) is 0 Å². The van der Waals surface area contributed by atoms with Gasteiger partial charge in [-0.05, 0) is 57.4 Å². The van der Waals surface area contributed by atoms with E-state index in [-0.39, 0.29) is 5.41 Å². The van der Waals surface area contributed by atoms with Crippen LogP contribution in [0.25, 0.3) is 0 Å². The lowest BCUT2D eigenvalue weighted by Gasteiger charge is -2.24. The van der Waals surface area contributed by atoms with E-state index in [1.165, 1.54) is 0 Å². The number of hydrogen-bond acceptors (Lipinski definition) is 2. The molecule has 1 aliphatic rings. The first-order valence-corrected chi connectivity index (χ1v) is 9.32. The van der Waals surface area contributed by atoms with Gasteiger partial charge < -0.3 is 0 Å². The van der Waals surface area contributed by atoms with Gasteiger partial charge in [-0.25, -0.2) is 8.42 Å². The molecule has 0 spiro atoms. The summed E-state index contributed by atoms with van der Waals surface area (Å²) in [5.41, 5.74) is 5.11. The van der Waals surface area contributed by atoms with Crippen molar-refractivity contribution in [3.05, 3.63) is 59.9 Å². The molecule has 124 valence electrons. The third-order valence-corrected chi connectivity index (χ3v) is 5.99. The topological polar surface area (TPSA) is 37.4 Å². The minimum Gasteiger partial charge on any atom is -0.207 e. The minimum absolute atomic E-state index is 0.0589. The van der Waals surface area contributed by atoms with Crippen LogP contribution in [0, 0.1) is 12.3 Å². The van der Waals surface area contributed by atoms with Crippen molar-refractivity contribution >= 4 is 10.0 Å². The van der Waals surface area contributed by atoms with E-state index in [1.807, 2.05) is 39.0 Å². The van der Waals surface area contributed by atoms with Gasteiger partial charge in [0.15, 0.2) is 0 Å². The van der Waals surface area contributed by atoms with Crippen molar-refractivity contribution in [1.82, 2.24) is 4.31 Å². The molecular weight excluding hydrogens is 306 g/mol. The molecular formula is C19H25NO2S. The highest BCUT2D eigenvalue weighted by molar-refractivity contribution is 7.89. The summed E-state index contributed by atoms with van der Waals surface area (Å²) < 4.78 is 27.5. The van der Waals surface area contributed by atoms with Gasteiger partial charge in [0, 0.05) is 18.5 Å². The Bertz CT molecular complexity index is 730. The smallest absolute Gasteiger partial charge is 0.207 e. The van der Waals surface area contributed by atoms with Crippen molar-refractivity contribution in [3.8, 4) is 0 Å². The third kappa shape index (κ3) is 4.44. The number of hydrogen-bond donors (Lipinski definition) is 0. The van der Waals surface area contributed by atoms with Crippen molar-refractivity contribution in [2.75, 3.05) is 13.1 Å². The average molecular weight is 331 g/mol. The molecule has 0 atom stereocenters. The third-order valence-electron chi connectivity index (χ3n) is 4.16. The van der Waals surface area contributed by atoms with Gasteiger partial charge in [0.2, 0.25) is 10.0 Å². The molecule has 0 bridgehead atoms. The Kier molecular flexibility index (Phi) is 5.30. The molecule has 1 aromatic rings. The Balaban J connectivity index is 2.32. The highest BCUT2D eigenvalue weighted by Crippen LogP contribution is 2.47. The zero-order valence-electron chi connectivity index (χ0n) is 14.2. The van der Waals surface area contributed by atoms with Crippen molar-refractivity contribution in [3.63, 3.8) is 0 Å². The molecule has 0 aliphatic heterocycles. The fraction of sp³-hybridized carbons (Fsp3) is 0.421. The van der Waals surface area contributed by atoms with Crippen LogP contribution in [0.2, 0.25) is 0 Å². The van der Waals surface area contributed by atoms with Crippen LogP contribution < -0.4 is 0 Å². The second-order valence-electron chi connectivity index (χ2n) is 6.53. The molecule has 1 fully saturated rings. The predicted octanol–water partition coefficient (Wildman–Crippen LogP) is 4.07. The van der Waals surface area contributed by atoms with Crippen LogP contribution in [0.15, 0.2) is 59.2 Å². The summed E-state index contributed by atoms with van der Waals surface area (Å²) in [7, 11) is -3.51. The van der Waals surface area contributed by atoms with Crippen LogP contribution in [0.5, 0.6) is 0 Å². The van der Waals surface area contributed by atoms with E-state index in [1.54, 1.807) is 22.5 Å². The lowest BCUT2D eigenvalue weighted by Crippen LogP contribution is -2.35. The van der Waals surface area contributed by atoms with E-state index in [4.69, 9.17) is 0 Å². The fourth-order valence-corrected chi connectivity index (χ4v) is 3.87. The largest absolute Gasteiger partial charge is 0.243 e. The van der Waals surface area contributed by atoms with Crippen LogP contribution in [0.4, 0.5) is 0 Å². The number of aryl methyl sites for hydroxylation is 1. The Morgan fingerprint density at radius 1 is 1.30 bits per heavy atom. The summed E-state index contributed by atoms with van der Waals surface area (Å²) in [4.78, 5) is 0.341. The SMILES string of the molecule is C=CC1(CN(CC=C=C(C)C)S(=O)(=O)c2ccc(C)cc2)CC1. The van der Waals surface area contributed by atoms with Crippen LogP contribution in [0.3, 0.4) is 0 Å². The van der Waals surface area contributed by atoms with Gasteiger partial charge in [-0.3, -0.25) is 0 Å². The Morgan fingerprint density at radius 2 is 1.91 bits per heavy atom. The number of rotatable bonds is 7. The lowest BCUT2D eigenvalue weighted by atomic mass is 10.1. The lowest BCUT2D eigenvalue weighted by molar-refractivity contribution is 0.388. The quantitative estimate of drug-likeness (QED) is 0.558. The molecule has 0 saturated heterocycles. The fourth-order valence-electron chi connectivity index (χ4n) is 2.40. The molecule has 0 N–H and O–H groups in total. The number of nitrogens with zero attached hydrogens (tertiary/aromatic N) is 1. The van der Waals surface area contributed by atoms with Crippen molar-refractivity contribution < 1.29 is 8.42 Å². The molecule has 4 heteroatoms. The second kappa shape index (κ2) is 6.88. The minimum atomic E-state index is -3.51. The second-order valence-corrected chi connectivity index (χ2v) is 8.46. The van der Waals surface area contributed by atoms with Gasteiger partial charge in [0.25, 0.3) is 0 Å². The van der Waals surface area contributed by atoms with E-state index in [2.05, 4.69) is 12.3 Å². The predicted molar refractivity (Wildman–Crippen MR) is 94.7 cm³/mol. The zero-order valence-corrected chi connectivity index (χ0v) is 15.0. The molecule has 1 aromatic carbocycles. The van der Waals surface area contributed by atoms with E-state index >= 15 is 0 Å². The van der Waals surface area contributed by atoms with Crippen LogP contribution in [-0.4, -0.2) is 25.8 Å². The normalized spacial score (nSPS) is 15.8. The molecule has 3 nitrogen and oxygen atoms in total. The summed E-state index contributed by atoms with van der Waals surface area (Å²) >= 11 is 0. The van der Waals surface area contributed by atoms with Gasteiger partial charge in [-0.2, -0.15) is 4.31 Å². The standard InChI is InChI=1S/C19H25NO2S/c1-5-19(12-13-19)15-20(14-6-7-16(2)3)23(21,22)18-10-8-17(4)9-11-18/h5-6,8-11H,1,12-15H2,2-4H3. The Morgan fingerprint density at radius 3 is 2.39 bits per heavy atom. The molecule has 0 aromatic heterocycles.